The summed E-state index contributed by atoms with van der Waals surface area (Å²) in [6.45, 7) is 5.65. The van der Waals surface area contributed by atoms with Crippen LogP contribution in [-0.2, 0) is 9.59 Å². The highest BCUT2D eigenvalue weighted by Gasteiger charge is 2.24. The average molecular weight is 337 g/mol. The van der Waals surface area contributed by atoms with Crippen LogP contribution in [0.2, 0.25) is 0 Å². The van der Waals surface area contributed by atoms with Gasteiger partial charge in [-0.05, 0) is 44.0 Å². The summed E-state index contributed by atoms with van der Waals surface area (Å²) in [6, 6.07) is 6.03. The zero-order chi connectivity index (χ0) is 18.1. The molecule has 0 spiro atoms. The Balaban J connectivity index is 0.000000307. The van der Waals surface area contributed by atoms with Gasteiger partial charge in [0.1, 0.15) is 18.0 Å². The Hall–Kier alpha value is -2.38. The Bertz CT molecular complexity index is 583. The van der Waals surface area contributed by atoms with Crippen LogP contribution in [0.1, 0.15) is 17.5 Å². The van der Waals surface area contributed by atoms with E-state index in [9.17, 15) is 14.7 Å². The quantitative estimate of drug-likeness (QED) is 0.608. The number of aryl methyl sites for hydroxylation is 1. The second kappa shape index (κ2) is 9.69. The number of ether oxygens (including phenoxy) is 1. The summed E-state index contributed by atoms with van der Waals surface area (Å²) in [6.07, 6.45) is 1.48. The van der Waals surface area contributed by atoms with Gasteiger partial charge in [0, 0.05) is 18.7 Å². The molecular formula is C17H23NO6. The Labute approximate surface area is 140 Å². The number of aliphatic carboxylic acids is 2. The highest BCUT2D eigenvalue weighted by atomic mass is 16.5. The lowest BCUT2D eigenvalue weighted by Crippen LogP contribution is -2.46. The number of piperidine rings is 1. The molecule has 0 aromatic heterocycles. The summed E-state index contributed by atoms with van der Waals surface area (Å²) >= 11 is 0. The zero-order valence-electron chi connectivity index (χ0n) is 13.7. The second-order valence-corrected chi connectivity index (χ2v) is 5.42. The predicted molar refractivity (Wildman–Crippen MR) is 88.2 cm³/mol. The van der Waals surface area contributed by atoms with E-state index in [2.05, 4.69) is 25.2 Å². The molecule has 132 valence electrons. The van der Waals surface area contributed by atoms with E-state index < -0.39 is 18.0 Å². The van der Waals surface area contributed by atoms with Crippen LogP contribution in [0.5, 0.6) is 5.75 Å². The highest BCUT2D eigenvalue weighted by molar-refractivity contribution is 5.89. The van der Waals surface area contributed by atoms with E-state index >= 15 is 0 Å². The Morgan fingerprint density at radius 2 is 1.83 bits per heavy atom. The molecule has 1 aromatic carbocycles. The van der Waals surface area contributed by atoms with Crippen LogP contribution < -0.4 is 10.1 Å². The van der Waals surface area contributed by atoms with Crippen LogP contribution in [0.15, 0.2) is 30.4 Å². The molecule has 0 radical (unpaired) electrons. The van der Waals surface area contributed by atoms with Crippen molar-refractivity contribution >= 4 is 11.9 Å². The molecule has 1 saturated heterocycles. The van der Waals surface area contributed by atoms with E-state index in [1.807, 2.05) is 12.1 Å². The van der Waals surface area contributed by atoms with Crippen LogP contribution in [-0.4, -0.2) is 52.6 Å². The number of aliphatic hydroxyl groups excluding tert-OH is 1. The molecule has 24 heavy (non-hydrogen) atoms. The second-order valence-electron chi connectivity index (χ2n) is 5.42. The van der Waals surface area contributed by atoms with Crippen molar-refractivity contribution in [1.82, 2.24) is 5.32 Å². The maximum absolute atomic E-state index is 9.80. The van der Waals surface area contributed by atoms with Gasteiger partial charge in [0.2, 0.25) is 0 Å². The number of carboxylic acid groups (broad SMARTS) is 2. The van der Waals surface area contributed by atoms with Crippen LogP contribution in [0.4, 0.5) is 0 Å². The molecule has 7 nitrogen and oxygen atoms in total. The van der Waals surface area contributed by atoms with E-state index in [1.54, 1.807) is 0 Å². The number of carboxylic acids is 2. The van der Waals surface area contributed by atoms with Crippen molar-refractivity contribution in [2.75, 3.05) is 13.1 Å². The molecule has 1 aliphatic heterocycles. The van der Waals surface area contributed by atoms with Crippen LogP contribution in [0.3, 0.4) is 0 Å². The SMILES string of the molecule is Cc1cccc(OC2CCNCC2O)c1C.O=C(O)C=CC(=O)O. The van der Waals surface area contributed by atoms with E-state index in [1.165, 1.54) is 5.56 Å². The minimum atomic E-state index is -1.26. The molecule has 2 rings (SSSR count). The third kappa shape index (κ3) is 6.80. The third-order valence-corrected chi connectivity index (χ3v) is 3.59. The van der Waals surface area contributed by atoms with Crippen molar-refractivity contribution in [3.8, 4) is 5.75 Å². The van der Waals surface area contributed by atoms with Crippen molar-refractivity contribution in [3.05, 3.63) is 41.5 Å². The Morgan fingerprint density at radius 1 is 1.21 bits per heavy atom. The average Bonchev–Trinajstić information content (AvgIpc) is 2.52. The summed E-state index contributed by atoms with van der Waals surface area (Å²) < 4.78 is 5.89. The summed E-state index contributed by atoms with van der Waals surface area (Å²) in [4.78, 5) is 19.1. The van der Waals surface area contributed by atoms with Gasteiger partial charge in [-0.3, -0.25) is 0 Å². The number of aliphatic hydroxyl groups is 1. The number of hydrogen-bond donors (Lipinski definition) is 4. The van der Waals surface area contributed by atoms with E-state index in [4.69, 9.17) is 14.9 Å². The lowest BCUT2D eigenvalue weighted by molar-refractivity contribution is -0.134. The van der Waals surface area contributed by atoms with E-state index in [0.29, 0.717) is 18.7 Å². The molecule has 2 unspecified atom stereocenters. The summed E-state index contributed by atoms with van der Waals surface area (Å²) in [7, 11) is 0. The molecule has 1 aromatic rings. The third-order valence-electron chi connectivity index (χ3n) is 3.59. The fourth-order valence-corrected chi connectivity index (χ4v) is 2.11. The van der Waals surface area contributed by atoms with Gasteiger partial charge >= 0.3 is 11.9 Å². The summed E-state index contributed by atoms with van der Waals surface area (Å²) in [5.74, 6) is -1.62. The number of rotatable bonds is 4. The first-order valence-electron chi connectivity index (χ1n) is 7.57. The molecule has 0 amide bonds. The number of β-amino-alcohol motifs (C(OH)–C–C–N with tert-alkyl or cyclic N) is 1. The molecule has 1 fully saturated rings. The van der Waals surface area contributed by atoms with Crippen molar-refractivity contribution in [2.24, 2.45) is 0 Å². The standard InChI is InChI=1S/C13H19NO2.C4H4O4/c1-9-4-3-5-12(10(9)2)16-13-6-7-14-8-11(13)15;5-3(6)1-2-4(7)8/h3-5,11,13-15H,6-8H2,1-2H3;1-2H,(H,5,6)(H,7,8). The van der Waals surface area contributed by atoms with E-state index in [-0.39, 0.29) is 6.10 Å². The van der Waals surface area contributed by atoms with Gasteiger partial charge in [-0.25, -0.2) is 9.59 Å². The lowest BCUT2D eigenvalue weighted by Gasteiger charge is -2.29. The van der Waals surface area contributed by atoms with Crippen molar-refractivity contribution < 1.29 is 29.6 Å². The molecular weight excluding hydrogens is 314 g/mol. The van der Waals surface area contributed by atoms with Crippen LogP contribution in [0.25, 0.3) is 0 Å². The summed E-state index contributed by atoms with van der Waals surface area (Å²) in [5, 5.41) is 28.6. The van der Waals surface area contributed by atoms with Gasteiger partial charge in [0.05, 0.1) is 0 Å². The molecule has 2 atom stereocenters. The maximum Gasteiger partial charge on any atom is 0.328 e. The first kappa shape index (κ1) is 19.7. The normalized spacial score (nSPS) is 20.1. The summed E-state index contributed by atoms with van der Waals surface area (Å²) in [5.41, 5.74) is 2.38. The molecule has 1 heterocycles. The van der Waals surface area contributed by atoms with Gasteiger partial charge < -0.3 is 25.4 Å². The van der Waals surface area contributed by atoms with Gasteiger partial charge in [-0.15, -0.1) is 0 Å². The van der Waals surface area contributed by atoms with Crippen LogP contribution >= 0.6 is 0 Å². The van der Waals surface area contributed by atoms with Crippen molar-refractivity contribution in [1.29, 1.82) is 0 Å². The first-order chi connectivity index (χ1) is 11.3. The fourth-order valence-electron chi connectivity index (χ4n) is 2.11. The minimum absolute atomic E-state index is 0.0817. The molecule has 7 heteroatoms. The molecule has 4 N–H and O–H groups in total. The van der Waals surface area contributed by atoms with Gasteiger partial charge in [0.25, 0.3) is 0 Å². The van der Waals surface area contributed by atoms with Crippen LogP contribution in [0, 0.1) is 13.8 Å². The Morgan fingerprint density at radius 3 is 2.38 bits per heavy atom. The number of hydrogen-bond acceptors (Lipinski definition) is 5. The number of carbonyl (C=O) groups is 2. The van der Waals surface area contributed by atoms with E-state index in [0.717, 1.165) is 24.3 Å². The topological polar surface area (TPSA) is 116 Å². The zero-order valence-corrected chi connectivity index (χ0v) is 13.7. The smallest absolute Gasteiger partial charge is 0.328 e. The fraction of sp³-hybridized carbons (Fsp3) is 0.412. The van der Waals surface area contributed by atoms with Gasteiger partial charge in [0.15, 0.2) is 0 Å². The Kier molecular flexibility index (Phi) is 7.94. The number of nitrogens with one attached hydrogen (secondary N) is 1. The molecule has 0 bridgehead atoms. The van der Waals surface area contributed by atoms with Gasteiger partial charge in [-0.1, -0.05) is 12.1 Å². The van der Waals surface area contributed by atoms with Gasteiger partial charge in [-0.2, -0.15) is 0 Å². The first-order valence-corrected chi connectivity index (χ1v) is 7.57. The van der Waals surface area contributed by atoms with Crippen molar-refractivity contribution in [2.45, 2.75) is 32.5 Å². The minimum Gasteiger partial charge on any atom is -0.487 e. The number of benzene rings is 1. The maximum atomic E-state index is 9.80. The molecule has 0 aliphatic carbocycles. The monoisotopic (exact) mass is 337 g/mol. The molecule has 1 aliphatic rings. The van der Waals surface area contributed by atoms with Crippen molar-refractivity contribution in [3.63, 3.8) is 0 Å². The largest absolute Gasteiger partial charge is 0.487 e. The molecule has 0 saturated carbocycles. The lowest BCUT2D eigenvalue weighted by atomic mass is 10.1. The highest BCUT2D eigenvalue weighted by Crippen LogP contribution is 2.23. The predicted octanol–water partition coefficient (Wildman–Crippen LogP) is 1.12.